The van der Waals surface area contributed by atoms with Crippen LogP contribution in [0, 0.1) is 0 Å². The molecule has 4 rings (SSSR count). The van der Waals surface area contributed by atoms with Crippen molar-refractivity contribution in [2.45, 2.75) is 44.8 Å². The largest absolute Gasteiger partial charge is 0.875 e. The molecule has 7 nitrogen and oxygen atoms in total. The highest BCUT2D eigenvalue weighted by atomic mass is 16.5. The first-order chi connectivity index (χ1) is 13.9. The number of carbonyl (C=O) groups is 1. The Balaban J connectivity index is 1.63. The molecule has 3 aliphatic heterocycles. The quantitative estimate of drug-likeness (QED) is 0.759. The Labute approximate surface area is 171 Å². The summed E-state index contributed by atoms with van der Waals surface area (Å²) in [5.41, 5.74) is 2.69. The molecular weight excluding hydrogens is 372 g/mol. The predicted molar refractivity (Wildman–Crippen MR) is 106 cm³/mol. The van der Waals surface area contributed by atoms with Crippen molar-refractivity contribution >= 4 is 5.91 Å². The number of fused-ring (bicyclic) bond motifs is 3. The molecule has 1 aromatic rings. The first-order valence-electron chi connectivity index (χ1n) is 10.2. The fraction of sp³-hybridized carbons (Fsp3) is 0.591. The molecule has 3 heterocycles. The summed E-state index contributed by atoms with van der Waals surface area (Å²) in [6.45, 7) is 6.18. The molecule has 1 aromatic carbocycles. The molecule has 158 valence electrons. The lowest BCUT2D eigenvalue weighted by Gasteiger charge is -2.46. The van der Waals surface area contributed by atoms with Crippen LogP contribution < -0.4 is 14.6 Å². The van der Waals surface area contributed by atoms with Crippen LogP contribution in [0.2, 0.25) is 0 Å². The number of methoxy groups -OCH3 is 2. The molecular formula is C22H29N2O5-. The number of hydrogen-bond donors (Lipinski definition) is 0. The molecule has 3 aliphatic rings. The minimum Gasteiger partial charge on any atom is -0.875 e. The van der Waals surface area contributed by atoms with Gasteiger partial charge in [-0.3, -0.25) is 9.69 Å². The molecule has 3 atom stereocenters. The van der Waals surface area contributed by atoms with Crippen LogP contribution >= 0.6 is 0 Å². The van der Waals surface area contributed by atoms with Gasteiger partial charge < -0.3 is 24.2 Å². The Kier molecular flexibility index (Phi) is 5.44. The molecule has 0 N–H and O–H groups in total. The van der Waals surface area contributed by atoms with Gasteiger partial charge in [-0.15, -0.1) is 5.76 Å². The summed E-state index contributed by atoms with van der Waals surface area (Å²) in [5.74, 6) is 1.20. The van der Waals surface area contributed by atoms with E-state index in [9.17, 15) is 9.90 Å². The van der Waals surface area contributed by atoms with Crippen LogP contribution in [0.15, 0.2) is 23.5 Å². The molecule has 0 radical (unpaired) electrons. The Morgan fingerprint density at radius 1 is 1.14 bits per heavy atom. The van der Waals surface area contributed by atoms with Crippen LogP contribution in [0.5, 0.6) is 11.5 Å². The Bertz CT molecular complexity index is 827. The lowest BCUT2D eigenvalue weighted by atomic mass is 9.86. The van der Waals surface area contributed by atoms with Gasteiger partial charge in [-0.05, 0) is 49.9 Å². The van der Waals surface area contributed by atoms with E-state index >= 15 is 0 Å². The van der Waals surface area contributed by atoms with Gasteiger partial charge in [-0.1, -0.05) is 0 Å². The van der Waals surface area contributed by atoms with Crippen LogP contribution in [0.3, 0.4) is 0 Å². The first kappa shape index (κ1) is 20.0. The normalized spacial score (nSPS) is 27.3. The number of nitrogens with zero attached hydrogens (tertiary/aromatic N) is 2. The van der Waals surface area contributed by atoms with E-state index in [0.717, 1.165) is 18.5 Å². The molecule has 7 heteroatoms. The number of rotatable bonds is 3. The van der Waals surface area contributed by atoms with Gasteiger partial charge in [0, 0.05) is 24.7 Å². The highest BCUT2D eigenvalue weighted by Gasteiger charge is 2.37. The first-order valence-corrected chi connectivity index (χ1v) is 10.2. The lowest BCUT2D eigenvalue weighted by Crippen LogP contribution is -2.55. The van der Waals surface area contributed by atoms with Crippen molar-refractivity contribution in [3.05, 3.63) is 34.6 Å². The van der Waals surface area contributed by atoms with Crippen LogP contribution in [0.25, 0.3) is 0 Å². The minimum absolute atomic E-state index is 0.0249. The van der Waals surface area contributed by atoms with Crippen molar-refractivity contribution < 1.29 is 24.1 Å². The Hall–Kier alpha value is -2.25. The van der Waals surface area contributed by atoms with Crippen LogP contribution in [-0.4, -0.2) is 68.3 Å². The lowest BCUT2D eigenvalue weighted by molar-refractivity contribution is -0.312. The predicted octanol–water partition coefficient (Wildman–Crippen LogP) is 1.26. The van der Waals surface area contributed by atoms with Gasteiger partial charge in [0.05, 0.1) is 39.5 Å². The molecule has 0 saturated carbocycles. The zero-order valence-corrected chi connectivity index (χ0v) is 17.6. The molecule has 1 amide bonds. The third-order valence-electron chi connectivity index (χ3n) is 6.35. The van der Waals surface area contributed by atoms with E-state index in [1.165, 1.54) is 5.56 Å². The minimum atomic E-state index is -0.130. The zero-order valence-electron chi connectivity index (χ0n) is 17.6. The number of hydrogen-bond acceptors (Lipinski definition) is 6. The maximum Gasteiger partial charge on any atom is 0.250 e. The molecule has 0 aromatic heterocycles. The van der Waals surface area contributed by atoms with E-state index in [1.807, 2.05) is 30.9 Å². The van der Waals surface area contributed by atoms with E-state index in [0.29, 0.717) is 43.3 Å². The molecule has 29 heavy (non-hydrogen) atoms. The van der Waals surface area contributed by atoms with Gasteiger partial charge in [0.1, 0.15) is 0 Å². The number of ether oxygens (including phenoxy) is 3. The highest BCUT2D eigenvalue weighted by molar-refractivity contribution is 5.95. The molecule has 1 saturated heterocycles. The smallest absolute Gasteiger partial charge is 0.250 e. The van der Waals surface area contributed by atoms with Crippen molar-refractivity contribution in [3.63, 3.8) is 0 Å². The summed E-state index contributed by atoms with van der Waals surface area (Å²) in [5, 5.41) is 13.0. The fourth-order valence-electron chi connectivity index (χ4n) is 4.85. The average Bonchev–Trinajstić information content (AvgIpc) is 2.71. The zero-order chi connectivity index (χ0) is 20.7. The molecule has 0 aliphatic carbocycles. The van der Waals surface area contributed by atoms with Crippen molar-refractivity contribution in [1.29, 1.82) is 0 Å². The van der Waals surface area contributed by atoms with E-state index in [4.69, 9.17) is 14.2 Å². The van der Waals surface area contributed by atoms with Crippen molar-refractivity contribution in [3.8, 4) is 11.5 Å². The second-order valence-corrected chi connectivity index (χ2v) is 8.20. The van der Waals surface area contributed by atoms with Gasteiger partial charge in [0.15, 0.2) is 11.5 Å². The standard InChI is InChI=1S/C22H30N2O5/c1-13-11-29-12-14(2)24(13)22(26)17-10-23-6-5-15-7-20(27-3)21(28-4)8-16(15)18(23)9-19(17)25/h7-8,13-14,18,25H,5-6,9-12H2,1-4H3/p-1. The summed E-state index contributed by atoms with van der Waals surface area (Å²) in [6, 6.07) is 3.92. The topological polar surface area (TPSA) is 74.3 Å². The second kappa shape index (κ2) is 7.88. The van der Waals surface area contributed by atoms with Crippen molar-refractivity contribution in [2.24, 2.45) is 0 Å². The third-order valence-corrected chi connectivity index (χ3v) is 6.35. The van der Waals surface area contributed by atoms with Crippen LogP contribution in [0.1, 0.15) is 37.4 Å². The Morgan fingerprint density at radius 3 is 2.45 bits per heavy atom. The van der Waals surface area contributed by atoms with Gasteiger partial charge in [-0.2, -0.15) is 0 Å². The monoisotopic (exact) mass is 401 g/mol. The van der Waals surface area contributed by atoms with E-state index in [1.54, 1.807) is 14.2 Å². The number of amides is 1. The molecule has 0 bridgehead atoms. The average molecular weight is 401 g/mol. The second-order valence-electron chi connectivity index (χ2n) is 8.20. The van der Waals surface area contributed by atoms with Gasteiger partial charge >= 0.3 is 0 Å². The van der Waals surface area contributed by atoms with Crippen LogP contribution in [0.4, 0.5) is 0 Å². The Morgan fingerprint density at radius 2 is 1.79 bits per heavy atom. The number of carbonyl (C=O) groups excluding carboxylic acids is 1. The van der Waals surface area contributed by atoms with Gasteiger partial charge in [-0.25, -0.2) is 0 Å². The summed E-state index contributed by atoms with van der Waals surface area (Å²) >= 11 is 0. The van der Waals surface area contributed by atoms with E-state index in [-0.39, 0.29) is 29.8 Å². The van der Waals surface area contributed by atoms with Crippen LogP contribution in [-0.2, 0) is 16.0 Å². The maximum absolute atomic E-state index is 13.2. The van der Waals surface area contributed by atoms with E-state index < -0.39 is 0 Å². The summed E-state index contributed by atoms with van der Waals surface area (Å²) in [6.07, 6.45) is 1.17. The SMILES string of the molecule is COc1cc2c(cc1OC)C1CC([O-])=C(C(=O)N3C(C)COCC3C)CN1CC2. The van der Waals surface area contributed by atoms with Crippen molar-refractivity contribution in [2.75, 3.05) is 40.5 Å². The highest BCUT2D eigenvalue weighted by Crippen LogP contribution is 2.42. The summed E-state index contributed by atoms with van der Waals surface area (Å²) in [4.78, 5) is 17.3. The molecule has 1 fully saturated rings. The molecule has 0 spiro atoms. The summed E-state index contributed by atoms with van der Waals surface area (Å²) in [7, 11) is 3.25. The van der Waals surface area contributed by atoms with E-state index in [2.05, 4.69) is 4.90 Å². The maximum atomic E-state index is 13.2. The summed E-state index contributed by atoms with van der Waals surface area (Å²) < 4.78 is 16.4. The van der Waals surface area contributed by atoms with Crippen molar-refractivity contribution in [1.82, 2.24) is 9.80 Å². The fourth-order valence-corrected chi connectivity index (χ4v) is 4.85. The molecule has 3 unspecified atom stereocenters. The number of morpholine rings is 1. The van der Waals surface area contributed by atoms with Gasteiger partial charge in [0.25, 0.3) is 5.91 Å². The number of benzene rings is 1. The third kappa shape index (κ3) is 3.46. The van der Waals surface area contributed by atoms with Gasteiger partial charge in [0.2, 0.25) is 0 Å².